The van der Waals surface area contributed by atoms with E-state index in [1.807, 2.05) is 54.6 Å². The molecule has 0 aliphatic carbocycles. The van der Waals surface area contributed by atoms with Crippen LogP contribution in [-0.4, -0.2) is 19.7 Å². The summed E-state index contributed by atoms with van der Waals surface area (Å²) in [6, 6.07) is 23.5. The molecule has 1 atom stereocenters. The maximum Gasteiger partial charge on any atom is 0.229 e. The maximum absolute atomic E-state index is 11.5. The number of anilines is 1. The summed E-state index contributed by atoms with van der Waals surface area (Å²) in [6.07, 6.45) is 1.14. The fourth-order valence-corrected chi connectivity index (χ4v) is 6.03. The first-order chi connectivity index (χ1) is 13.9. The smallest absolute Gasteiger partial charge is 0.229 e. The van der Waals surface area contributed by atoms with Crippen molar-refractivity contribution in [1.82, 2.24) is 4.98 Å². The van der Waals surface area contributed by atoms with Crippen LogP contribution >= 0.6 is 34.7 Å². The molecule has 1 unspecified atom stereocenters. The van der Waals surface area contributed by atoms with Crippen LogP contribution in [0, 0.1) is 0 Å². The van der Waals surface area contributed by atoms with Gasteiger partial charge in [-0.25, -0.2) is 13.4 Å². The largest absolute Gasteiger partial charge is 0.284 e. The van der Waals surface area contributed by atoms with Gasteiger partial charge in [-0.3, -0.25) is 4.72 Å². The topological polar surface area (TPSA) is 59.1 Å². The van der Waals surface area contributed by atoms with Crippen molar-refractivity contribution in [2.45, 2.75) is 9.59 Å². The van der Waals surface area contributed by atoms with E-state index >= 15 is 0 Å². The van der Waals surface area contributed by atoms with Crippen LogP contribution in [0.4, 0.5) is 5.69 Å². The molecule has 0 fully saturated rings. The number of hydrogen-bond acceptors (Lipinski definition) is 5. The summed E-state index contributed by atoms with van der Waals surface area (Å²) in [6.45, 7) is 0. The summed E-state index contributed by atoms with van der Waals surface area (Å²) in [5.41, 5.74) is 3.71. The highest BCUT2D eigenvalue weighted by Gasteiger charge is 2.18. The van der Waals surface area contributed by atoms with Gasteiger partial charge < -0.3 is 0 Å². The van der Waals surface area contributed by atoms with E-state index in [-0.39, 0.29) is 5.25 Å². The summed E-state index contributed by atoms with van der Waals surface area (Å²) in [4.78, 5) is 4.74. The van der Waals surface area contributed by atoms with Crippen molar-refractivity contribution in [1.29, 1.82) is 0 Å². The van der Waals surface area contributed by atoms with Gasteiger partial charge in [0.05, 0.1) is 27.4 Å². The third-order valence-electron chi connectivity index (χ3n) is 4.17. The van der Waals surface area contributed by atoms with E-state index in [0.29, 0.717) is 10.7 Å². The van der Waals surface area contributed by atoms with Crippen molar-refractivity contribution in [2.24, 2.45) is 0 Å². The average molecular weight is 461 g/mol. The zero-order valence-corrected chi connectivity index (χ0v) is 18.6. The molecule has 0 radical (unpaired) electrons. The molecular formula is C21H17ClN2O2S3. The number of nitrogens with zero attached hydrogens (tertiary/aromatic N) is 1. The summed E-state index contributed by atoms with van der Waals surface area (Å²) in [5, 5.41) is 0.777. The predicted octanol–water partition coefficient (Wildman–Crippen LogP) is 6.20. The molecular weight excluding hydrogens is 444 g/mol. The van der Waals surface area contributed by atoms with E-state index in [0.717, 1.165) is 26.4 Å². The van der Waals surface area contributed by atoms with Crippen LogP contribution in [0.25, 0.3) is 10.2 Å². The van der Waals surface area contributed by atoms with Crippen LogP contribution in [0.2, 0.25) is 5.02 Å². The quantitative estimate of drug-likeness (QED) is 0.348. The van der Waals surface area contributed by atoms with E-state index in [1.54, 1.807) is 29.2 Å². The number of benzene rings is 3. The van der Waals surface area contributed by atoms with E-state index in [9.17, 15) is 8.42 Å². The lowest BCUT2D eigenvalue weighted by molar-refractivity contribution is 0.607. The Morgan fingerprint density at radius 3 is 2.38 bits per heavy atom. The van der Waals surface area contributed by atoms with Crippen molar-refractivity contribution in [3.8, 4) is 0 Å². The third kappa shape index (κ3) is 5.11. The normalized spacial score (nSPS) is 12.8. The van der Waals surface area contributed by atoms with E-state index in [1.165, 1.54) is 5.56 Å². The fourth-order valence-electron chi connectivity index (χ4n) is 2.93. The highest BCUT2D eigenvalue weighted by atomic mass is 35.5. The number of aromatic nitrogens is 1. The van der Waals surface area contributed by atoms with Crippen LogP contribution in [-0.2, 0) is 10.0 Å². The number of sulfonamides is 1. The molecule has 0 amide bonds. The van der Waals surface area contributed by atoms with E-state index < -0.39 is 10.0 Å². The minimum Gasteiger partial charge on any atom is -0.284 e. The first kappa shape index (κ1) is 20.2. The van der Waals surface area contributed by atoms with Crippen LogP contribution < -0.4 is 4.72 Å². The van der Waals surface area contributed by atoms with E-state index in [2.05, 4.69) is 16.9 Å². The Kier molecular flexibility index (Phi) is 5.83. The van der Waals surface area contributed by atoms with Crippen LogP contribution in [0.5, 0.6) is 0 Å². The molecule has 0 bridgehead atoms. The van der Waals surface area contributed by atoms with Gasteiger partial charge in [0, 0.05) is 5.02 Å². The van der Waals surface area contributed by atoms with Gasteiger partial charge in [0.25, 0.3) is 0 Å². The molecule has 1 aromatic heterocycles. The van der Waals surface area contributed by atoms with E-state index in [4.69, 9.17) is 16.6 Å². The molecule has 4 aromatic rings. The molecule has 0 aliphatic heterocycles. The SMILES string of the molecule is CS(=O)(=O)Nc1ccc2nc(SC(c3ccccc3)c3ccc(Cl)cc3)sc2c1. The molecule has 0 saturated heterocycles. The second-order valence-corrected chi connectivity index (χ2v) is 11.1. The molecule has 8 heteroatoms. The van der Waals surface area contributed by atoms with Gasteiger partial charge in [-0.15, -0.1) is 11.3 Å². The Morgan fingerprint density at radius 2 is 1.69 bits per heavy atom. The van der Waals surface area contributed by atoms with Crippen LogP contribution in [0.3, 0.4) is 0 Å². The summed E-state index contributed by atoms with van der Waals surface area (Å²) >= 11 is 9.29. The lowest BCUT2D eigenvalue weighted by Crippen LogP contribution is -2.09. The van der Waals surface area contributed by atoms with Gasteiger partial charge in [-0.1, -0.05) is 65.8 Å². The second-order valence-electron chi connectivity index (χ2n) is 6.50. The molecule has 148 valence electrons. The van der Waals surface area contributed by atoms with Crippen molar-refractivity contribution in [2.75, 3.05) is 11.0 Å². The molecule has 4 rings (SSSR count). The van der Waals surface area contributed by atoms with Gasteiger partial charge in [-0.2, -0.15) is 0 Å². The van der Waals surface area contributed by atoms with Gasteiger partial charge in [-0.05, 0) is 41.5 Å². The van der Waals surface area contributed by atoms with Gasteiger partial charge >= 0.3 is 0 Å². The number of fused-ring (bicyclic) bond motifs is 1. The zero-order chi connectivity index (χ0) is 20.4. The standard InChI is InChI=1S/C21H17ClN2O2S3/c1-29(25,26)24-17-11-12-18-19(13-17)27-21(23-18)28-20(14-5-3-2-4-6-14)15-7-9-16(22)10-8-15/h2-13,20,24H,1H3. The second kappa shape index (κ2) is 8.36. The first-order valence-electron chi connectivity index (χ1n) is 8.73. The van der Waals surface area contributed by atoms with Crippen molar-refractivity contribution in [3.63, 3.8) is 0 Å². The Balaban J connectivity index is 1.68. The van der Waals surface area contributed by atoms with Crippen molar-refractivity contribution < 1.29 is 8.42 Å². The van der Waals surface area contributed by atoms with Crippen LogP contribution in [0.1, 0.15) is 16.4 Å². The molecule has 1 N–H and O–H groups in total. The van der Waals surface area contributed by atoms with Gasteiger partial charge in [0.2, 0.25) is 10.0 Å². The third-order valence-corrected chi connectivity index (χ3v) is 7.45. The molecule has 4 nitrogen and oxygen atoms in total. The highest BCUT2D eigenvalue weighted by molar-refractivity contribution is 8.01. The Bertz CT molecular complexity index is 1240. The molecule has 3 aromatic carbocycles. The molecule has 1 heterocycles. The fraction of sp³-hybridized carbons (Fsp3) is 0.0952. The maximum atomic E-state index is 11.5. The lowest BCUT2D eigenvalue weighted by atomic mass is 10.0. The van der Waals surface area contributed by atoms with Crippen LogP contribution in [0.15, 0.2) is 77.1 Å². The minimum atomic E-state index is -3.32. The summed E-state index contributed by atoms with van der Waals surface area (Å²) in [7, 11) is -3.32. The Labute approximate surface area is 183 Å². The lowest BCUT2D eigenvalue weighted by Gasteiger charge is -2.16. The average Bonchev–Trinajstić information content (AvgIpc) is 3.08. The number of rotatable bonds is 6. The van der Waals surface area contributed by atoms with Gasteiger partial charge in [0.15, 0.2) is 4.34 Å². The molecule has 29 heavy (non-hydrogen) atoms. The molecule has 0 spiro atoms. The monoisotopic (exact) mass is 460 g/mol. The number of nitrogens with one attached hydrogen (secondary N) is 1. The Morgan fingerprint density at radius 1 is 1.00 bits per heavy atom. The number of thioether (sulfide) groups is 1. The highest BCUT2D eigenvalue weighted by Crippen LogP contribution is 2.43. The predicted molar refractivity (Wildman–Crippen MR) is 124 cm³/mol. The molecule has 0 saturated carbocycles. The number of hydrogen-bond donors (Lipinski definition) is 1. The number of thiazole rings is 1. The molecule has 0 aliphatic rings. The van der Waals surface area contributed by atoms with Gasteiger partial charge in [0.1, 0.15) is 0 Å². The summed E-state index contributed by atoms with van der Waals surface area (Å²) in [5.74, 6) is 0. The number of halogens is 1. The first-order valence-corrected chi connectivity index (χ1v) is 12.7. The summed E-state index contributed by atoms with van der Waals surface area (Å²) < 4.78 is 27.3. The van der Waals surface area contributed by atoms with Crippen molar-refractivity contribution >= 4 is 60.6 Å². The Hall–Kier alpha value is -2.06. The minimum absolute atomic E-state index is 0.0719. The zero-order valence-electron chi connectivity index (χ0n) is 15.4. The van der Waals surface area contributed by atoms with Crippen molar-refractivity contribution in [3.05, 3.63) is 88.9 Å².